The highest BCUT2D eigenvalue weighted by Crippen LogP contribution is 2.26. The van der Waals surface area contributed by atoms with Crippen molar-refractivity contribution >= 4 is 22.9 Å². The van der Waals surface area contributed by atoms with Crippen LogP contribution in [0.25, 0.3) is 0 Å². The van der Waals surface area contributed by atoms with Crippen LogP contribution in [0.5, 0.6) is 5.75 Å². The molecule has 2 unspecified atom stereocenters. The average molecular weight is 486 g/mol. The van der Waals surface area contributed by atoms with Crippen molar-refractivity contribution in [1.82, 2.24) is 5.32 Å². The maximum atomic E-state index is 11.8. The highest BCUT2D eigenvalue weighted by Gasteiger charge is 2.31. The number of ether oxygens (including phenoxy) is 2. The molecule has 0 aliphatic carbocycles. The van der Waals surface area contributed by atoms with Gasteiger partial charge in [0.05, 0.1) is 11.9 Å². The minimum Gasteiger partial charge on any atom is -0.491 e. The molecule has 10 heteroatoms. The second-order valence-electron chi connectivity index (χ2n) is 7.68. The standard InChI is InChI=1S/C24H23NO8S/c1-14-19(33-24(29)32-14)12-31-20(17-4-2-3-16(9-17)11-26)13-30-18-7-5-15(6-8-18)10-21-22(27)25-23(28)34-21/h2-9,20-21,26H,10-13H2,1H3,(H,25,27,28). The van der Waals surface area contributed by atoms with Gasteiger partial charge in [0.15, 0.2) is 5.76 Å². The second-order valence-corrected chi connectivity index (χ2v) is 8.85. The molecule has 0 saturated carbocycles. The lowest BCUT2D eigenvalue weighted by molar-refractivity contribution is -0.118. The van der Waals surface area contributed by atoms with Crippen molar-refractivity contribution in [3.05, 3.63) is 87.4 Å². The van der Waals surface area contributed by atoms with Crippen molar-refractivity contribution in [3.8, 4) is 5.75 Å². The van der Waals surface area contributed by atoms with Gasteiger partial charge in [-0.2, -0.15) is 0 Å². The zero-order valence-corrected chi connectivity index (χ0v) is 19.1. The molecule has 3 aromatic rings. The van der Waals surface area contributed by atoms with Crippen molar-refractivity contribution < 1.29 is 33.0 Å². The maximum Gasteiger partial charge on any atom is 0.519 e. The molecule has 2 N–H and O–H groups in total. The van der Waals surface area contributed by atoms with E-state index in [1.165, 1.54) is 0 Å². The van der Waals surface area contributed by atoms with E-state index in [4.69, 9.17) is 18.3 Å². The van der Waals surface area contributed by atoms with Crippen LogP contribution in [0.4, 0.5) is 4.79 Å². The van der Waals surface area contributed by atoms with Gasteiger partial charge in [0.2, 0.25) is 5.91 Å². The van der Waals surface area contributed by atoms with E-state index in [-0.39, 0.29) is 31.0 Å². The molecule has 178 valence electrons. The molecular formula is C24H23NO8S. The second kappa shape index (κ2) is 10.7. The van der Waals surface area contributed by atoms with Crippen LogP contribution >= 0.6 is 11.8 Å². The maximum absolute atomic E-state index is 11.8. The molecule has 1 aromatic heterocycles. The SMILES string of the molecule is Cc1oc(=O)oc1COC(COc1ccc(CC2SC(=O)NC2=O)cc1)c1cccc(CO)c1. The topological polar surface area (TPSA) is 128 Å². The van der Waals surface area contributed by atoms with Gasteiger partial charge in [-0.05, 0) is 42.2 Å². The predicted molar refractivity (Wildman–Crippen MR) is 122 cm³/mol. The summed E-state index contributed by atoms with van der Waals surface area (Å²) in [5, 5.41) is 11.0. The molecule has 0 bridgehead atoms. The van der Waals surface area contributed by atoms with E-state index < -0.39 is 17.2 Å². The fourth-order valence-corrected chi connectivity index (χ4v) is 4.31. The van der Waals surface area contributed by atoms with Crippen LogP contribution in [0.15, 0.2) is 62.2 Å². The first-order chi connectivity index (χ1) is 16.4. The van der Waals surface area contributed by atoms with Gasteiger partial charge in [-0.3, -0.25) is 14.9 Å². The summed E-state index contributed by atoms with van der Waals surface area (Å²) in [5.74, 6) is 0.180. The monoisotopic (exact) mass is 485 g/mol. The Bertz CT molecular complexity index is 1220. The molecule has 9 nitrogen and oxygen atoms in total. The van der Waals surface area contributed by atoms with E-state index in [1.807, 2.05) is 30.3 Å². The molecule has 1 fully saturated rings. The van der Waals surface area contributed by atoms with Crippen molar-refractivity contribution in [2.24, 2.45) is 0 Å². The van der Waals surface area contributed by atoms with Gasteiger partial charge in [0.1, 0.15) is 30.8 Å². The first-order valence-corrected chi connectivity index (χ1v) is 11.4. The van der Waals surface area contributed by atoms with E-state index in [0.717, 1.165) is 28.5 Å². The number of thioether (sulfide) groups is 1. The molecule has 1 aliphatic heterocycles. The Balaban J connectivity index is 1.42. The number of carbonyl (C=O) groups is 2. The molecule has 0 spiro atoms. The van der Waals surface area contributed by atoms with E-state index in [0.29, 0.717) is 23.7 Å². The van der Waals surface area contributed by atoms with Crippen LogP contribution in [-0.4, -0.2) is 28.1 Å². The largest absolute Gasteiger partial charge is 0.519 e. The first-order valence-electron chi connectivity index (χ1n) is 10.5. The van der Waals surface area contributed by atoms with Crippen LogP contribution in [-0.2, 0) is 29.2 Å². The normalized spacial score (nSPS) is 16.5. The molecule has 1 saturated heterocycles. The zero-order chi connectivity index (χ0) is 24.1. The summed E-state index contributed by atoms with van der Waals surface area (Å²) < 4.78 is 21.8. The number of nitrogens with one attached hydrogen (secondary N) is 1. The van der Waals surface area contributed by atoms with Crippen molar-refractivity contribution in [2.45, 2.75) is 37.9 Å². The molecule has 2 atom stereocenters. The molecule has 34 heavy (non-hydrogen) atoms. The third-order valence-electron chi connectivity index (χ3n) is 5.27. The van der Waals surface area contributed by atoms with Crippen LogP contribution < -0.4 is 15.9 Å². The molecular weight excluding hydrogens is 462 g/mol. The number of imide groups is 1. The summed E-state index contributed by atoms with van der Waals surface area (Å²) in [5.41, 5.74) is 2.43. The summed E-state index contributed by atoms with van der Waals surface area (Å²) in [6, 6.07) is 14.6. The fourth-order valence-electron chi connectivity index (χ4n) is 3.45. The van der Waals surface area contributed by atoms with Crippen molar-refractivity contribution in [1.29, 1.82) is 0 Å². The number of rotatable bonds is 10. The fraction of sp³-hybridized carbons (Fsp3) is 0.292. The first kappa shape index (κ1) is 23.8. The highest BCUT2D eigenvalue weighted by molar-refractivity contribution is 8.15. The third-order valence-corrected chi connectivity index (χ3v) is 6.25. The van der Waals surface area contributed by atoms with E-state index in [2.05, 4.69) is 5.32 Å². The summed E-state index contributed by atoms with van der Waals surface area (Å²) in [4.78, 5) is 34.4. The Morgan fingerprint density at radius 1 is 1.09 bits per heavy atom. The quantitative estimate of drug-likeness (QED) is 0.445. The number of hydrogen-bond donors (Lipinski definition) is 2. The Kier molecular flexibility index (Phi) is 7.51. The highest BCUT2D eigenvalue weighted by atomic mass is 32.2. The van der Waals surface area contributed by atoms with E-state index >= 15 is 0 Å². The number of carbonyl (C=O) groups excluding carboxylic acids is 2. The number of aryl methyl sites for hydroxylation is 1. The smallest absolute Gasteiger partial charge is 0.491 e. The third kappa shape index (κ3) is 5.96. The number of benzene rings is 2. The Morgan fingerprint density at radius 3 is 2.53 bits per heavy atom. The van der Waals surface area contributed by atoms with Crippen LogP contribution in [0, 0.1) is 6.92 Å². The lowest BCUT2D eigenvalue weighted by atomic mass is 10.1. The molecule has 2 aromatic carbocycles. The van der Waals surface area contributed by atoms with Crippen molar-refractivity contribution in [3.63, 3.8) is 0 Å². The molecule has 0 radical (unpaired) electrons. The molecule has 4 rings (SSSR count). The van der Waals surface area contributed by atoms with Crippen molar-refractivity contribution in [2.75, 3.05) is 6.61 Å². The predicted octanol–water partition coefficient (Wildman–Crippen LogP) is 3.26. The summed E-state index contributed by atoms with van der Waals surface area (Å²) >= 11 is 0.994. The van der Waals surface area contributed by atoms with E-state index in [1.54, 1.807) is 25.1 Å². The van der Waals surface area contributed by atoms with Crippen LogP contribution in [0.3, 0.4) is 0 Å². The average Bonchev–Trinajstić information content (AvgIpc) is 3.33. The molecule has 2 heterocycles. The minimum absolute atomic E-state index is 0.00767. The summed E-state index contributed by atoms with van der Waals surface area (Å²) in [6.07, 6.45) is -0.0762. The zero-order valence-electron chi connectivity index (χ0n) is 18.3. The Morgan fingerprint density at radius 2 is 1.88 bits per heavy atom. The number of amides is 2. The van der Waals surface area contributed by atoms with E-state index in [9.17, 15) is 19.5 Å². The molecule has 2 amide bonds. The number of aliphatic hydroxyl groups excluding tert-OH is 1. The van der Waals surface area contributed by atoms with Crippen LogP contribution in [0.1, 0.15) is 34.3 Å². The van der Waals surface area contributed by atoms with Gasteiger partial charge in [0, 0.05) is 0 Å². The van der Waals surface area contributed by atoms with Gasteiger partial charge in [-0.1, -0.05) is 48.2 Å². The van der Waals surface area contributed by atoms with Gasteiger partial charge in [-0.25, -0.2) is 4.79 Å². The van der Waals surface area contributed by atoms with Gasteiger partial charge < -0.3 is 23.4 Å². The Labute approximate surface area is 199 Å². The summed E-state index contributed by atoms with van der Waals surface area (Å²) in [6.45, 7) is 1.67. The van der Waals surface area contributed by atoms with Gasteiger partial charge in [-0.15, -0.1) is 0 Å². The number of aliphatic hydroxyl groups is 1. The minimum atomic E-state index is -0.788. The summed E-state index contributed by atoms with van der Waals surface area (Å²) in [7, 11) is 0. The van der Waals surface area contributed by atoms with Gasteiger partial charge >= 0.3 is 5.82 Å². The number of hydrogen-bond acceptors (Lipinski definition) is 9. The molecule has 1 aliphatic rings. The Hall–Kier alpha value is -3.34. The lowest BCUT2D eigenvalue weighted by Crippen LogP contribution is -2.25. The van der Waals surface area contributed by atoms with Gasteiger partial charge in [0.25, 0.3) is 5.24 Å². The lowest BCUT2D eigenvalue weighted by Gasteiger charge is -2.19. The van der Waals surface area contributed by atoms with Crippen LogP contribution in [0.2, 0.25) is 0 Å².